The van der Waals surface area contributed by atoms with Gasteiger partial charge in [-0.1, -0.05) is 43.7 Å². The maximum absolute atomic E-state index is 12.9. The van der Waals surface area contributed by atoms with Crippen molar-refractivity contribution in [1.82, 2.24) is 15.5 Å². The van der Waals surface area contributed by atoms with E-state index in [-0.39, 0.29) is 23.8 Å². The Kier molecular flexibility index (Phi) is 8.46. The zero-order chi connectivity index (χ0) is 23.8. The predicted octanol–water partition coefficient (Wildman–Crippen LogP) is 4.08. The lowest BCUT2D eigenvalue weighted by Gasteiger charge is -2.21. The minimum Gasteiger partial charge on any atom is -0.339 e. The van der Waals surface area contributed by atoms with Crippen molar-refractivity contribution in [3.63, 3.8) is 0 Å². The number of hydrogen-bond acceptors (Lipinski definition) is 3. The molecule has 4 amide bonds. The average Bonchev–Trinajstić information content (AvgIpc) is 3.33. The molecule has 1 saturated heterocycles. The molecule has 3 N–H and O–H groups in total. The summed E-state index contributed by atoms with van der Waals surface area (Å²) in [6.45, 7) is 8.00. The van der Waals surface area contributed by atoms with Gasteiger partial charge in [0.25, 0.3) is 5.91 Å². The van der Waals surface area contributed by atoms with E-state index in [0.717, 1.165) is 37.1 Å². The summed E-state index contributed by atoms with van der Waals surface area (Å²) in [5.74, 6) is -0.0404. The first-order valence-electron chi connectivity index (χ1n) is 11.6. The third-order valence-electron chi connectivity index (χ3n) is 5.70. The summed E-state index contributed by atoms with van der Waals surface area (Å²) in [6, 6.07) is 13.8. The fourth-order valence-corrected chi connectivity index (χ4v) is 3.83. The Morgan fingerprint density at radius 3 is 2.18 bits per heavy atom. The van der Waals surface area contributed by atoms with Gasteiger partial charge < -0.3 is 20.9 Å². The van der Waals surface area contributed by atoms with Crippen molar-refractivity contribution < 1.29 is 14.4 Å². The monoisotopic (exact) mass is 450 g/mol. The van der Waals surface area contributed by atoms with Gasteiger partial charge in [0, 0.05) is 30.9 Å². The highest BCUT2D eigenvalue weighted by molar-refractivity contribution is 5.98. The van der Waals surface area contributed by atoms with E-state index in [0.29, 0.717) is 24.2 Å². The predicted molar refractivity (Wildman–Crippen MR) is 130 cm³/mol. The van der Waals surface area contributed by atoms with Gasteiger partial charge in [0.15, 0.2) is 0 Å². The summed E-state index contributed by atoms with van der Waals surface area (Å²) >= 11 is 0. The third kappa shape index (κ3) is 7.34. The number of urea groups is 1. The number of carbonyl (C=O) groups is 3. The van der Waals surface area contributed by atoms with Crippen LogP contribution in [0.15, 0.2) is 48.5 Å². The number of nitrogens with one attached hydrogen (secondary N) is 3. The van der Waals surface area contributed by atoms with E-state index < -0.39 is 6.04 Å². The second-order valence-electron chi connectivity index (χ2n) is 9.06. The van der Waals surface area contributed by atoms with E-state index in [4.69, 9.17) is 0 Å². The SMILES string of the molecule is Cc1ccc(CNC(=O)NC(CC(C)C)C(=O)Nc2ccc(C(=O)N3CCCC3)cc2)cc1. The zero-order valence-electron chi connectivity index (χ0n) is 19.7. The standard InChI is InChI=1S/C26H34N4O3/c1-18(2)16-23(29-26(33)27-17-20-8-6-19(3)7-9-20)24(31)28-22-12-10-21(11-13-22)25(32)30-14-4-5-15-30/h6-13,18,23H,4-5,14-17H2,1-3H3,(H,28,31)(H2,27,29,33). The molecule has 0 aliphatic carbocycles. The molecule has 0 bridgehead atoms. The lowest BCUT2D eigenvalue weighted by Crippen LogP contribution is -2.48. The number of benzene rings is 2. The molecule has 2 aromatic rings. The molecule has 1 aliphatic rings. The molecule has 1 unspecified atom stereocenters. The number of rotatable bonds is 8. The van der Waals surface area contributed by atoms with Gasteiger partial charge in [-0.25, -0.2) is 4.79 Å². The van der Waals surface area contributed by atoms with Crippen molar-refractivity contribution in [2.75, 3.05) is 18.4 Å². The molecule has 3 rings (SSSR count). The molecule has 0 saturated carbocycles. The molecule has 176 valence electrons. The summed E-state index contributed by atoms with van der Waals surface area (Å²) in [6.07, 6.45) is 2.60. The van der Waals surface area contributed by atoms with Crippen molar-refractivity contribution >= 4 is 23.5 Å². The van der Waals surface area contributed by atoms with Gasteiger partial charge in [0.2, 0.25) is 5.91 Å². The fourth-order valence-electron chi connectivity index (χ4n) is 3.83. The second kappa shape index (κ2) is 11.5. The smallest absolute Gasteiger partial charge is 0.315 e. The maximum Gasteiger partial charge on any atom is 0.315 e. The number of hydrogen-bond donors (Lipinski definition) is 3. The van der Waals surface area contributed by atoms with Crippen molar-refractivity contribution in [3.05, 3.63) is 65.2 Å². The summed E-state index contributed by atoms with van der Waals surface area (Å²) < 4.78 is 0. The quantitative estimate of drug-likeness (QED) is 0.566. The summed E-state index contributed by atoms with van der Waals surface area (Å²) in [5.41, 5.74) is 3.35. The minimum atomic E-state index is -0.672. The first-order chi connectivity index (χ1) is 15.8. The molecule has 1 aliphatic heterocycles. The number of carbonyl (C=O) groups excluding carboxylic acids is 3. The highest BCUT2D eigenvalue weighted by atomic mass is 16.2. The Bertz CT molecular complexity index is 949. The molecular formula is C26H34N4O3. The molecule has 7 heteroatoms. The molecular weight excluding hydrogens is 416 g/mol. The molecule has 0 radical (unpaired) electrons. The molecule has 1 atom stereocenters. The van der Waals surface area contributed by atoms with E-state index in [1.165, 1.54) is 0 Å². The zero-order valence-corrected chi connectivity index (χ0v) is 19.7. The van der Waals surface area contributed by atoms with E-state index in [1.807, 2.05) is 49.9 Å². The Hall–Kier alpha value is -3.35. The average molecular weight is 451 g/mol. The third-order valence-corrected chi connectivity index (χ3v) is 5.70. The molecule has 0 spiro atoms. The van der Waals surface area contributed by atoms with E-state index in [9.17, 15) is 14.4 Å². The van der Waals surface area contributed by atoms with Crippen LogP contribution in [0.4, 0.5) is 10.5 Å². The van der Waals surface area contributed by atoms with Gasteiger partial charge >= 0.3 is 6.03 Å². The second-order valence-corrected chi connectivity index (χ2v) is 9.06. The molecule has 2 aromatic carbocycles. The van der Waals surface area contributed by atoms with Crippen LogP contribution in [0.2, 0.25) is 0 Å². The Morgan fingerprint density at radius 2 is 1.58 bits per heavy atom. The first kappa shape index (κ1) is 24.3. The molecule has 1 heterocycles. The minimum absolute atomic E-state index is 0.0231. The molecule has 7 nitrogen and oxygen atoms in total. The van der Waals surface area contributed by atoms with Crippen LogP contribution >= 0.6 is 0 Å². The lowest BCUT2D eigenvalue weighted by molar-refractivity contribution is -0.118. The topological polar surface area (TPSA) is 90.5 Å². The molecule has 33 heavy (non-hydrogen) atoms. The number of nitrogens with zero attached hydrogens (tertiary/aromatic N) is 1. The van der Waals surface area contributed by atoms with Crippen LogP contribution in [0.5, 0.6) is 0 Å². The number of aryl methyl sites for hydroxylation is 1. The van der Waals surface area contributed by atoms with Gasteiger partial charge in [-0.2, -0.15) is 0 Å². The van der Waals surface area contributed by atoms with Crippen LogP contribution in [0, 0.1) is 12.8 Å². The Labute approximate surface area is 195 Å². The number of likely N-dealkylation sites (tertiary alicyclic amines) is 1. The van der Waals surface area contributed by atoms with Crippen molar-refractivity contribution in [3.8, 4) is 0 Å². The van der Waals surface area contributed by atoms with Crippen LogP contribution < -0.4 is 16.0 Å². The van der Waals surface area contributed by atoms with Crippen LogP contribution in [0.25, 0.3) is 0 Å². The lowest BCUT2D eigenvalue weighted by atomic mass is 10.0. The van der Waals surface area contributed by atoms with Crippen molar-refractivity contribution in [1.29, 1.82) is 0 Å². The number of anilines is 1. The van der Waals surface area contributed by atoms with Crippen molar-refractivity contribution in [2.24, 2.45) is 5.92 Å². The Morgan fingerprint density at radius 1 is 0.939 bits per heavy atom. The number of amides is 4. The molecule has 0 aromatic heterocycles. The fraction of sp³-hybridized carbons (Fsp3) is 0.423. The normalized spacial score (nSPS) is 14.1. The van der Waals surface area contributed by atoms with Gasteiger partial charge in [-0.15, -0.1) is 0 Å². The van der Waals surface area contributed by atoms with Gasteiger partial charge in [0.05, 0.1) is 0 Å². The highest BCUT2D eigenvalue weighted by Gasteiger charge is 2.23. The molecule has 1 fully saturated rings. The van der Waals surface area contributed by atoms with E-state index >= 15 is 0 Å². The van der Waals surface area contributed by atoms with E-state index in [1.54, 1.807) is 24.3 Å². The Balaban J connectivity index is 1.56. The van der Waals surface area contributed by atoms with Gasteiger partial charge in [-0.05, 0) is 61.9 Å². The first-order valence-corrected chi connectivity index (χ1v) is 11.6. The van der Waals surface area contributed by atoms with Crippen LogP contribution in [-0.4, -0.2) is 41.9 Å². The largest absolute Gasteiger partial charge is 0.339 e. The van der Waals surface area contributed by atoms with Gasteiger partial charge in [0.1, 0.15) is 6.04 Å². The highest BCUT2D eigenvalue weighted by Crippen LogP contribution is 2.16. The van der Waals surface area contributed by atoms with E-state index in [2.05, 4.69) is 16.0 Å². The van der Waals surface area contributed by atoms with Crippen molar-refractivity contribution in [2.45, 2.75) is 52.6 Å². The van der Waals surface area contributed by atoms with Crippen LogP contribution in [0.3, 0.4) is 0 Å². The van der Waals surface area contributed by atoms with Gasteiger partial charge in [-0.3, -0.25) is 9.59 Å². The van der Waals surface area contributed by atoms with Crippen LogP contribution in [0.1, 0.15) is 54.6 Å². The van der Waals surface area contributed by atoms with Crippen LogP contribution in [-0.2, 0) is 11.3 Å². The summed E-state index contributed by atoms with van der Waals surface area (Å²) in [4.78, 5) is 39.7. The summed E-state index contributed by atoms with van der Waals surface area (Å²) in [7, 11) is 0. The maximum atomic E-state index is 12.9. The summed E-state index contributed by atoms with van der Waals surface area (Å²) in [5, 5.41) is 8.47.